The van der Waals surface area contributed by atoms with Crippen molar-refractivity contribution in [3.63, 3.8) is 0 Å². The lowest BCUT2D eigenvalue weighted by atomic mass is 10.3. The number of aromatic nitrogens is 1. The Balaban J connectivity index is 1.59. The van der Waals surface area contributed by atoms with E-state index >= 15 is 0 Å². The first-order valence-corrected chi connectivity index (χ1v) is 5.99. The van der Waals surface area contributed by atoms with Crippen LogP contribution in [0.25, 0.3) is 0 Å². The molecule has 1 amide bonds. The topological polar surface area (TPSA) is 48.1 Å². The molecule has 1 aliphatic heterocycles. The van der Waals surface area contributed by atoms with Gasteiger partial charge in [0.2, 0.25) is 0 Å². The lowest BCUT2D eigenvalue weighted by Gasteiger charge is -2.14. The first-order valence-electron chi connectivity index (χ1n) is 5.99. The predicted octanol–water partition coefficient (Wildman–Crippen LogP) is 1.23. The Morgan fingerprint density at radius 3 is 2.94 bits per heavy atom. The van der Waals surface area contributed by atoms with Crippen LogP contribution in [0.3, 0.4) is 0 Å². The number of nitrogens with one attached hydrogen (secondary N) is 2. The zero-order valence-electron chi connectivity index (χ0n) is 9.54. The number of hydrogen-bond acceptors (Lipinski definition) is 2. The Hall–Kier alpha value is -1.29. The minimum Gasteiger partial charge on any atom is -0.367 e. The Kier molecular flexibility index (Phi) is 3.99. The summed E-state index contributed by atoms with van der Waals surface area (Å²) >= 11 is 0. The van der Waals surface area contributed by atoms with E-state index in [1.807, 2.05) is 0 Å². The Morgan fingerprint density at radius 2 is 2.25 bits per heavy atom. The highest BCUT2D eigenvalue weighted by atomic mass is 16.1. The Morgan fingerprint density at radius 1 is 1.44 bits per heavy atom. The van der Waals surface area contributed by atoms with Crippen molar-refractivity contribution >= 4 is 5.91 Å². The van der Waals surface area contributed by atoms with Gasteiger partial charge < -0.3 is 15.2 Å². The molecule has 1 aromatic rings. The van der Waals surface area contributed by atoms with Crippen LogP contribution in [0.1, 0.15) is 29.6 Å². The number of nitrogens with zero attached hydrogens (tertiary/aromatic N) is 1. The summed E-state index contributed by atoms with van der Waals surface area (Å²) in [7, 11) is 0. The van der Waals surface area contributed by atoms with Gasteiger partial charge in [-0.2, -0.15) is 0 Å². The molecule has 1 fully saturated rings. The van der Waals surface area contributed by atoms with Crippen LogP contribution in [0.5, 0.6) is 0 Å². The molecule has 2 heterocycles. The molecule has 0 saturated carbocycles. The molecule has 0 aliphatic carbocycles. The Labute approximate surface area is 96.0 Å². The minimum atomic E-state index is 0.0164. The Bertz CT molecular complexity index is 315. The molecule has 0 unspecified atom stereocenters. The maximum Gasteiger partial charge on any atom is 0.252 e. The first kappa shape index (κ1) is 11.2. The minimum absolute atomic E-state index is 0.0164. The van der Waals surface area contributed by atoms with Crippen LogP contribution in [0, 0.1) is 0 Å². The zero-order chi connectivity index (χ0) is 11.2. The van der Waals surface area contributed by atoms with Gasteiger partial charge in [0.1, 0.15) is 0 Å². The van der Waals surface area contributed by atoms with E-state index in [1.54, 1.807) is 18.5 Å². The smallest absolute Gasteiger partial charge is 0.252 e. The third-order valence-corrected chi connectivity index (χ3v) is 3.00. The quantitative estimate of drug-likeness (QED) is 0.735. The summed E-state index contributed by atoms with van der Waals surface area (Å²) in [5.41, 5.74) is 0.709. The van der Waals surface area contributed by atoms with Crippen LogP contribution in [-0.4, -0.2) is 42.0 Å². The largest absolute Gasteiger partial charge is 0.367 e. The van der Waals surface area contributed by atoms with E-state index in [4.69, 9.17) is 0 Å². The van der Waals surface area contributed by atoms with Crippen LogP contribution in [0.2, 0.25) is 0 Å². The fraction of sp³-hybridized carbons (Fsp3) is 0.583. The zero-order valence-corrected chi connectivity index (χ0v) is 9.54. The van der Waals surface area contributed by atoms with Gasteiger partial charge in [0.25, 0.3) is 5.91 Å². The molecule has 4 nitrogen and oxygen atoms in total. The molecule has 16 heavy (non-hydrogen) atoms. The highest BCUT2D eigenvalue weighted by molar-refractivity contribution is 5.93. The molecule has 0 atom stereocenters. The maximum absolute atomic E-state index is 11.6. The molecule has 0 aromatic carbocycles. The summed E-state index contributed by atoms with van der Waals surface area (Å²) in [6.45, 7) is 4.32. The second-order valence-electron chi connectivity index (χ2n) is 4.26. The summed E-state index contributed by atoms with van der Waals surface area (Å²) in [5, 5.41) is 2.92. The molecule has 4 heteroatoms. The van der Waals surface area contributed by atoms with Crippen molar-refractivity contribution in [2.24, 2.45) is 0 Å². The van der Waals surface area contributed by atoms with Crippen molar-refractivity contribution in [2.45, 2.75) is 19.3 Å². The third-order valence-electron chi connectivity index (χ3n) is 3.00. The lowest BCUT2D eigenvalue weighted by molar-refractivity contribution is 0.0952. The standard InChI is InChI=1S/C12H19N3O/c16-12(11-4-6-13-10-11)14-5-3-9-15-7-1-2-8-15/h4,6,10,13H,1-3,5,7-9H2,(H,14,16). The number of carbonyl (C=O) groups is 1. The summed E-state index contributed by atoms with van der Waals surface area (Å²) in [6, 6.07) is 1.79. The molecule has 1 aliphatic rings. The number of amides is 1. The fourth-order valence-corrected chi connectivity index (χ4v) is 2.08. The number of H-pyrrole nitrogens is 1. The predicted molar refractivity (Wildman–Crippen MR) is 63.4 cm³/mol. The first-order chi connectivity index (χ1) is 7.86. The maximum atomic E-state index is 11.6. The van der Waals surface area contributed by atoms with Crippen LogP contribution < -0.4 is 5.32 Å². The molecular weight excluding hydrogens is 202 g/mol. The van der Waals surface area contributed by atoms with Crippen molar-refractivity contribution in [1.82, 2.24) is 15.2 Å². The van der Waals surface area contributed by atoms with Crippen molar-refractivity contribution in [1.29, 1.82) is 0 Å². The highest BCUT2D eigenvalue weighted by Gasteiger charge is 2.10. The van der Waals surface area contributed by atoms with E-state index < -0.39 is 0 Å². The molecule has 1 aromatic heterocycles. The molecule has 2 rings (SSSR count). The van der Waals surface area contributed by atoms with Gasteiger partial charge in [0, 0.05) is 18.9 Å². The van der Waals surface area contributed by atoms with Crippen molar-refractivity contribution in [3.8, 4) is 0 Å². The fourth-order valence-electron chi connectivity index (χ4n) is 2.08. The molecule has 0 spiro atoms. The summed E-state index contributed by atoms with van der Waals surface area (Å²) in [5.74, 6) is 0.0164. The van der Waals surface area contributed by atoms with Crippen LogP contribution in [0.4, 0.5) is 0 Å². The number of aromatic amines is 1. The number of carbonyl (C=O) groups excluding carboxylic acids is 1. The highest BCUT2D eigenvalue weighted by Crippen LogP contribution is 2.06. The molecule has 1 saturated heterocycles. The van der Waals surface area contributed by atoms with Gasteiger partial charge in [-0.1, -0.05) is 0 Å². The summed E-state index contributed by atoms with van der Waals surface area (Å²) in [4.78, 5) is 16.9. The average Bonchev–Trinajstić information content (AvgIpc) is 2.96. The van der Waals surface area contributed by atoms with E-state index in [9.17, 15) is 4.79 Å². The summed E-state index contributed by atoms with van der Waals surface area (Å²) < 4.78 is 0. The lowest BCUT2D eigenvalue weighted by Crippen LogP contribution is -2.28. The molecule has 0 radical (unpaired) electrons. The van der Waals surface area contributed by atoms with Crippen molar-refractivity contribution in [3.05, 3.63) is 24.0 Å². The number of likely N-dealkylation sites (tertiary alicyclic amines) is 1. The van der Waals surface area contributed by atoms with E-state index in [-0.39, 0.29) is 5.91 Å². The van der Waals surface area contributed by atoms with Gasteiger partial charge in [-0.25, -0.2) is 0 Å². The third kappa shape index (κ3) is 3.10. The van der Waals surface area contributed by atoms with Crippen molar-refractivity contribution < 1.29 is 4.79 Å². The average molecular weight is 221 g/mol. The molecule has 88 valence electrons. The van der Waals surface area contributed by atoms with Crippen molar-refractivity contribution in [2.75, 3.05) is 26.2 Å². The molecule has 2 N–H and O–H groups in total. The van der Waals surface area contributed by atoms with E-state index in [1.165, 1.54) is 25.9 Å². The number of hydrogen-bond donors (Lipinski definition) is 2. The monoisotopic (exact) mass is 221 g/mol. The van der Waals surface area contributed by atoms with Gasteiger partial charge in [-0.05, 0) is 45.0 Å². The second-order valence-corrected chi connectivity index (χ2v) is 4.26. The van der Waals surface area contributed by atoms with Crippen LogP contribution in [-0.2, 0) is 0 Å². The van der Waals surface area contributed by atoms with Crippen LogP contribution in [0.15, 0.2) is 18.5 Å². The SMILES string of the molecule is O=C(NCCCN1CCCC1)c1cc[nH]c1. The van der Waals surface area contributed by atoms with Gasteiger partial charge in [0.15, 0.2) is 0 Å². The van der Waals surface area contributed by atoms with E-state index in [0.717, 1.165) is 19.5 Å². The summed E-state index contributed by atoms with van der Waals surface area (Å²) in [6.07, 6.45) is 7.18. The number of rotatable bonds is 5. The second kappa shape index (κ2) is 5.70. The normalized spacial score (nSPS) is 16.5. The molecular formula is C12H19N3O. The molecule has 0 bridgehead atoms. The van der Waals surface area contributed by atoms with E-state index in [0.29, 0.717) is 5.56 Å². The van der Waals surface area contributed by atoms with Gasteiger partial charge in [-0.3, -0.25) is 4.79 Å². The van der Waals surface area contributed by atoms with Gasteiger partial charge in [0.05, 0.1) is 5.56 Å². The van der Waals surface area contributed by atoms with E-state index in [2.05, 4.69) is 15.2 Å². The van der Waals surface area contributed by atoms with Gasteiger partial charge in [-0.15, -0.1) is 0 Å². The van der Waals surface area contributed by atoms with Gasteiger partial charge >= 0.3 is 0 Å². The van der Waals surface area contributed by atoms with Crippen LogP contribution >= 0.6 is 0 Å².